The average molecular weight is 617 g/mol. The smallest absolute Gasteiger partial charge is 0.251 e. The van der Waals surface area contributed by atoms with Crippen LogP contribution in [0, 0.1) is 0 Å². The predicted octanol–water partition coefficient (Wildman–Crippen LogP) is 4.51. The van der Waals surface area contributed by atoms with Gasteiger partial charge in [0.25, 0.3) is 5.91 Å². The molecule has 12 heteroatoms. The first-order valence-corrected chi connectivity index (χ1v) is 14.7. The molecule has 1 amide bonds. The minimum absolute atomic E-state index is 0.0977. The Morgan fingerprint density at radius 3 is 2.37 bits per heavy atom. The van der Waals surface area contributed by atoms with Crippen molar-refractivity contribution in [2.75, 3.05) is 21.2 Å². The molecule has 0 saturated heterocycles. The number of ether oxygens (including phenoxy) is 1. The number of para-hydroxylation sites is 2. The van der Waals surface area contributed by atoms with Crippen molar-refractivity contribution in [3.8, 4) is 11.4 Å². The molecule has 4 rings (SSSR count). The molecule has 38 heavy (non-hydrogen) atoms. The summed E-state index contributed by atoms with van der Waals surface area (Å²) in [5.74, 6) is 1.48. The lowest BCUT2D eigenvalue weighted by molar-refractivity contribution is 0.0949. The Bertz CT molecular complexity index is 1520. The van der Waals surface area contributed by atoms with E-state index in [1.54, 1.807) is 7.11 Å². The van der Waals surface area contributed by atoms with Crippen LogP contribution in [0.2, 0.25) is 0 Å². The Kier molecular flexibility index (Phi) is 8.87. The zero-order valence-electron chi connectivity index (χ0n) is 21.0. The number of sulfonamides is 1. The van der Waals surface area contributed by atoms with Crippen LogP contribution in [0.4, 0.5) is 0 Å². The number of amides is 1. The number of thioether (sulfide) groups is 1. The van der Waals surface area contributed by atoms with Crippen LogP contribution in [-0.2, 0) is 22.3 Å². The van der Waals surface area contributed by atoms with E-state index in [9.17, 15) is 13.2 Å². The van der Waals surface area contributed by atoms with E-state index in [0.29, 0.717) is 28.0 Å². The van der Waals surface area contributed by atoms with E-state index >= 15 is 0 Å². The topological polar surface area (TPSA) is 106 Å². The first-order valence-electron chi connectivity index (χ1n) is 11.5. The maximum Gasteiger partial charge on any atom is 0.251 e. The molecule has 198 valence electrons. The third kappa shape index (κ3) is 6.26. The van der Waals surface area contributed by atoms with Crippen molar-refractivity contribution in [1.29, 1.82) is 0 Å². The number of rotatable bonds is 10. The normalized spacial score (nSPS) is 11.5. The second kappa shape index (κ2) is 12.1. The molecule has 9 nitrogen and oxygen atoms in total. The van der Waals surface area contributed by atoms with E-state index in [1.807, 2.05) is 53.1 Å². The summed E-state index contributed by atoms with van der Waals surface area (Å²) in [6, 6.07) is 21.4. The predicted molar refractivity (Wildman–Crippen MR) is 150 cm³/mol. The maximum absolute atomic E-state index is 12.9. The Morgan fingerprint density at radius 1 is 1.03 bits per heavy atom. The van der Waals surface area contributed by atoms with Gasteiger partial charge in [0.15, 0.2) is 11.0 Å². The van der Waals surface area contributed by atoms with Gasteiger partial charge in [-0.15, -0.1) is 10.2 Å². The van der Waals surface area contributed by atoms with Gasteiger partial charge < -0.3 is 10.1 Å². The standard InChI is InChI=1S/C26H26BrN5O4S2/c1-31(2)38(34,35)21-14-10-19(11-15-21)25(33)28-16-24-29-30-26(37-17-18-8-12-20(27)13-9-18)32(24)22-6-4-5-7-23(22)36-3/h4-15H,16-17H2,1-3H3,(H,28,33). The van der Waals surface area contributed by atoms with Crippen LogP contribution in [0.5, 0.6) is 5.75 Å². The molecule has 3 aromatic carbocycles. The Labute approximate surface area is 234 Å². The van der Waals surface area contributed by atoms with Crippen LogP contribution in [0.15, 0.2) is 87.3 Å². The molecule has 1 heterocycles. The van der Waals surface area contributed by atoms with Crippen LogP contribution in [0.3, 0.4) is 0 Å². The first kappa shape index (κ1) is 27.8. The zero-order chi connectivity index (χ0) is 27.3. The van der Waals surface area contributed by atoms with Crippen molar-refractivity contribution in [1.82, 2.24) is 24.4 Å². The second-order valence-corrected chi connectivity index (χ2v) is 12.3. The molecule has 0 fully saturated rings. The molecular weight excluding hydrogens is 590 g/mol. The number of hydrogen-bond donors (Lipinski definition) is 1. The molecule has 0 bridgehead atoms. The summed E-state index contributed by atoms with van der Waals surface area (Å²) in [5, 5.41) is 12.3. The van der Waals surface area contributed by atoms with Gasteiger partial charge in [0.2, 0.25) is 10.0 Å². The quantitative estimate of drug-likeness (QED) is 0.262. The molecular formula is C26H26BrN5O4S2. The van der Waals surface area contributed by atoms with Gasteiger partial charge in [-0.25, -0.2) is 12.7 Å². The molecule has 0 atom stereocenters. The summed E-state index contributed by atoms with van der Waals surface area (Å²) in [5.41, 5.74) is 2.21. The highest BCUT2D eigenvalue weighted by Crippen LogP contribution is 2.30. The van der Waals surface area contributed by atoms with Crippen molar-refractivity contribution in [2.45, 2.75) is 22.3 Å². The summed E-state index contributed by atoms with van der Waals surface area (Å²) in [6.45, 7) is 0.0977. The molecule has 1 aromatic heterocycles. The lowest BCUT2D eigenvalue weighted by Gasteiger charge is -2.14. The fraction of sp³-hybridized carbons (Fsp3) is 0.192. The van der Waals surface area contributed by atoms with E-state index in [-0.39, 0.29) is 17.3 Å². The largest absolute Gasteiger partial charge is 0.495 e. The number of methoxy groups -OCH3 is 1. The van der Waals surface area contributed by atoms with Gasteiger partial charge >= 0.3 is 0 Å². The molecule has 4 aromatic rings. The molecule has 0 spiro atoms. The van der Waals surface area contributed by atoms with Crippen LogP contribution in [-0.4, -0.2) is 54.6 Å². The summed E-state index contributed by atoms with van der Waals surface area (Å²) >= 11 is 4.98. The van der Waals surface area contributed by atoms with E-state index in [2.05, 4.69) is 31.4 Å². The molecule has 0 aliphatic rings. The van der Waals surface area contributed by atoms with Gasteiger partial charge in [-0.3, -0.25) is 9.36 Å². The van der Waals surface area contributed by atoms with Gasteiger partial charge in [0.05, 0.1) is 24.2 Å². The van der Waals surface area contributed by atoms with Gasteiger partial charge in [-0.2, -0.15) is 0 Å². The number of nitrogens with zero attached hydrogens (tertiary/aromatic N) is 4. The van der Waals surface area contributed by atoms with E-state index in [0.717, 1.165) is 20.0 Å². The highest BCUT2D eigenvalue weighted by molar-refractivity contribution is 9.10. The number of benzene rings is 3. The summed E-state index contributed by atoms with van der Waals surface area (Å²) in [7, 11) is 0.933. The highest BCUT2D eigenvalue weighted by Gasteiger charge is 2.20. The van der Waals surface area contributed by atoms with Crippen LogP contribution < -0.4 is 10.1 Å². The van der Waals surface area contributed by atoms with Crippen molar-refractivity contribution in [3.63, 3.8) is 0 Å². The monoisotopic (exact) mass is 615 g/mol. The Morgan fingerprint density at radius 2 is 1.71 bits per heavy atom. The number of nitrogens with one attached hydrogen (secondary N) is 1. The lowest BCUT2D eigenvalue weighted by atomic mass is 10.2. The Balaban J connectivity index is 1.56. The minimum Gasteiger partial charge on any atom is -0.495 e. The molecule has 0 radical (unpaired) electrons. The summed E-state index contributed by atoms with van der Waals surface area (Å²) in [6.07, 6.45) is 0. The fourth-order valence-electron chi connectivity index (χ4n) is 3.54. The highest BCUT2D eigenvalue weighted by atomic mass is 79.9. The third-order valence-corrected chi connectivity index (χ3v) is 8.97. The number of carbonyl (C=O) groups excluding carboxylic acids is 1. The molecule has 0 unspecified atom stereocenters. The SMILES string of the molecule is COc1ccccc1-n1c(CNC(=O)c2ccc(S(=O)(=O)N(C)C)cc2)nnc1SCc1ccc(Br)cc1. The third-order valence-electron chi connectivity index (χ3n) is 5.61. The molecule has 0 aliphatic heterocycles. The number of carbonyl (C=O) groups is 1. The van der Waals surface area contributed by atoms with Gasteiger partial charge in [-0.05, 0) is 54.1 Å². The van der Waals surface area contributed by atoms with Crippen molar-refractivity contribution >= 4 is 43.6 Å². The summed E-state index contributed by atoms with van der Waals surface area (Å²) in [4.78, 5) is 13.0. The van der Waals surface area contributed by atoms with Gasteiger partial charge in [0.1, 0.15) is 5.75 Å². The lowest BCUT2D eigenvalue weighted by Crippen LogP contribution is -2.25. The van der Waals surface area contributed by atoms with Crippen LogP contribution >= 0.6 is 27.7 Å². The van der Waals surface area contributed by atoms with Crippen LogP contribution in [0.25, 0.3) is 5.69 Å². The molecule has 1 N–H and O–H groups in total. The average Bonchev–Trinajstić information content (AvgIpc) is 3.33. The second-order valence-electron chi connectivity index (χ2n) is 8.32. The number of halogens is 1. The van der Waals surface area contributed by atoms with E-state index in [4.69, 9.17) is 4.74 Å². The number of hydrogen-bond acceptors (Lipinski definition) is 7. The molecule has 0 saturated carbocycles. The van der Waals surface area contributed by atoms with Gasteiger partial charge in [-0.1, -0.05) is 52.0 Å². The van der Waals surface area contributed by atoms with Crippen LogP contribution in [0.1, 0.15) is 21.7 Å². The van der Waals surface area contributed by atoms with Crippen molar-refractivity contribution in [3.05, 3.63) is 94.2 Å². The zero-order valence-corrected chi connectivity index (χ0v) is 24.2. The molecule has 0 aliphatic carbocycles. The van der Waals surface area contributed by atoms with Crippen molar-refractivity contribution < 1.29 is 17.9 Å². The van der Waals surface area contributed by atoms with E-state index < -0.39 is 10.0 Å². The fourth-order valence-corrected chi connectivity index (χ4v) is 5.63. The minimum atomic E-state index is -3.58. The first-order chi connectivity index (χ1) is 18.2. The maximum atomic E-state index is 12.9. The van der Waals surface area contributed by atoms with Gasteiger partial charge in [0, 0.05) is 29.9 Å². The van der Waals surface area contributed by atoms with E-state index in [1.165, 1.54) is 50.1 Å². The summed E-state index contributed by atoms with van der Waals surface area (Å²) < 4.78 is 34.2. The Hall–Kier alpha value is -3.19. The number of aromatic nitrogens is 3. The van der Waals surface area contributed by atoms with Crippen molar-refractivity contribution in [2.24, 2.45) is 0 Å².